The van der Waals surface area contributed by atoms with E-state index < -0.39 is 0 Å². The molecule has 3 aliphatic heterocycles. The maximum Gasteiger partial charge on any atom is 0.255 e. The molecule has 3 fully saturated rings. The molecule has 2 unspecified atom stereocenters. The predicted octanol–water partition coefficient (Wildman–Crippen LogP) is 2.99. The Morgan fingerprint density at radius 2 is 2.10 bits per heavy atom. The fraction of sp³-hybridized carbons (Fsp3) is 0.458. The molecule has 7 heteroatoms. The van der Waals surface area contributed by atoms with Crippen molar-refractivity contribution in [3.8, 4) is 0 Å². The van der Waals surface area contributed by atoms with Crippen molar-refractivity contribution in [3.63, 3.8) is 0 Å². The molecule has 0 radical (unpaired) electrons. The van der Waals surface area contributed by atoms with E-state index in [1.807, 2.05) is 0 Å². The number of aromatic nitrogens is 1. The SMILES string of the molecule is O=C(NCc1cccc(F)c1)c1cccnc1N1CC2CC(C1)[C@H]1CCCC(=O)N1C2. The number of hydrogen-bond donors (Lipinski definition) is 1. The number of pyridine rings is 1. The normalized spacial score (nSPS) is 25.2. The molecule has 3 atom stereocenters. The quantitative estimate of drug-likeness (QED) is 0.823. The number of benzene rings is 1. The summed E-state index contributed by atoms with van der Waals surface area (Å²) in [7, 11) is 0. The van der Waals surface area contributed by atoms with Gasteiger partial charge in [0.05, 0.1) is 5.56 Å². The fourth-order valence-electron chi connectivity index (χ4n) is 5.53. The summed E-state index contributed by atoms with van der Waals surface area (Å²) in [5.74, 6) is 1.30. The van der Waals surface area contributed by atoms with Crippen molar-refractivity contribution in [1.82, 2.24) is 15.2 Å². The third-order valence-corrected chi connectivity index (χ3v) is 6.85. The van der Waals surface area contributed by atoms with E-state index in [-0.39, 0.29) is 18.3 Å². The van der Waals surface area contributed by atoms with Gasteiger partial charge in [0.2, 0.25) is 5.91 Å². The molecule has 0 aliphatic carbocycles. The Bertz CT molecular complexity index is 997. The molecule has 2 aromatic rings. The zero-order valence-corrected chi connectivity index (χ0v) is 17.5. The Labute approximate surface area is 181 Å². The lowest BCUT2D eigenvalue weighted by Crippen LogP contribution is -2.60. The number of carbonyl (C=O) groups excluding carboxylic acids is 2. The van der Waals surface area contributed by atoms with Crippen LogP contribution in [0, 0.1) is 17.7 Å². The highest BCUT2D eigenvalue weighted by Gasteiger charge is 2.44. The van der Waals surface area contributed by atoms with Crippen molar-refractivity contribution in [2.75, 3.05) is 24.5 Å². The first-order valence-electron chi connectivity index (χ1n) is 11.1. The van der Waals surface area contributed by atoms with Crippen LogP contribution in [0.4, 0.5) is 10.2 Å². The number of nitrogens with one attached hydrogen (secondary N) is 1. The van der Waals surface area contributed by atoms with Crippen LogP contribution < -0.4 is 10.2 Å². The van der Waals surface area contributed by atoms with Crippen LogP contribution in [0.1, 0.15) is 41.6 Å². The average molecular weight is 423 g/mol. The monoisotopic (exact) mass is 422 g/mol. The van der Waals surface area contributed by atoms with Crippen LogP contribution in [0.3, 0.4) is 0 Å². The molecule has 1 aromatic heterocycles. The molecule has 1 N–H and O–H groups in total. The van der Waals surface area contributed by atoms with Gasteiger partial charge in [-0.1, -0.05) is 12.1 Å². The van der Waals surface area contributed by atoms with E-state index in [2.05, 4.69) is 20.1 Å². The lowest BCUT2D eigenvalue weighted by Gasteiger charge is -2.52. The van der Waals surface area contributed by atoms with Gasteiger partial charge >= 0.3 is 0 Å². The lowest BCUT2D eigenvalue weighted by atomic mass is 9.76. The second-order valence-corrected chi connectivity index (χ2v) is 8.96. The van der Waals surface area contributed by atoms with Crippen molar-refractivity contribution in [3.05, 3.63) is 59.5 Å². The average Bonchev–Trinajstić information content (AvgIpc) is 2.78. The summed E-state index contributed by atoms with van der Waals surface area (Å²) < 4.78 is 13.4. The minimum absolute atomic E-state index is 0.211. The molecule has 2 amide bonds. The molecule has 5 rings (SSSR count). The number of rotatable bonds is 4. The van der Waals surface area contributed by atoms with E-state index in [1.54, 1.807) is 30.5 Å². The Morgan fingerprint density at radius 1 is 1.19 bits per heavy atom. The number of nitrogens with zero attached hydrogens (tertiary/aromatic N) is 3. The summed E-state index contributed by atoms with van der Waals surface area (Å²) in [6, 6.07) is 10.1. The Morgan fingerprint density at radius 3 is 2.97 bits per heavy atom. The van der Waals surface area contributed by atoms with Gasteiger partial charge in [-0.15, -0.1) is 0 Å². The molecule has 31 heavy (non-hydrogen) atoms. The summed E-state index contributed by atoms with van der Waals surface area (Å²) in [6.45, 7) is 2.68. The Kier molecular flexibility index (Phi) is 5.34. The number of piperidine rings is 3. The number of amides is 2. The molecule has 0 spiro atoms. The number of hydrogen-bond acceptors (Lipinski definition) is 4. The van der Waals surface area contributed by atoms with Crippen LogP contribution in [0.15, 0.2) is 42.6 Å². The first-order chi connectivity index (χ1) is 15.1. The number of halogens is 1. The van der Waals surface area contributed by atoms with Crippen LogP contribution in [0.2, 0.25) is 0 Å². The standard InChI is InChI=1S/C24H27FN4O2/c25-19-5-1-4-16(11-19)12-27-24(31)20-6-3-9-26-23(20)28-13-17-10-18(15-28)21-7-2-8-22(30)29(21)14-17/h1,3-6,9,11,17-18,21H,2,7-8,10,12-15H2,(H,27,31)/t17?,18?,21-/m1/s1. The highest BCUT2D eigenvalue weighted by Crippen LogP contribution is 2.39. The van der Waals surface area contributed by atoms with Crippen molar-refractivity contribution in [2.45, 2.75) is 38.3 Å². The zero-order valence-electron chi connectivity index (χ0n) is 17.5. The smallest absolute Gasteiger partial charge is 0.255 e. The first-order valence-corrected chi connectivity index (χ1v) is 11.1. The molecule has 1 aromatic carbocycles. The highest BCUT2D eigenvalue weighted by molar-refractivity contribution is 5.98. The zero-order chi connectivity index (χ0) is 21.4. The second kappa shape index (κ2) is 8.29. The maximum absolute atomic E-state index is 13.4. The number of carbonyl (C=O) groups is 2. The Hall–Kier alpha value is -2.96. The van der Waals surface area contributed by atoms with Gasteiger partial charge in [0.1, 0.15) is 11.6 Å². The third-order valence-electron chi connectivity index (χ3n) is 6.85. The molecule has 0 saturated carbocycles. The van der Waals surface area contributed by atoms with Gasteiger partial charge in [-0.2, -0.15) is 0 Å². The van der Waals surface area contributed by atoms with Crippen LogP contribution in [0.5, 0.6) is 0 Å². The Balaban J connectivity index is 1.32. The molecule has 6 nitrogen and oxygen atoms in total. The number of fused-ring (bicyclic) bond motifs is 4. The lowest BCUT2D eigenvalue weighted by molar-refractivity contribution is -0.142. The molecule has 162 valence electrons. The largest absolute Gasteiger partial charge is 0.355 e. The maximum atomic E-state index is 13.4. The topological polar surface area (TPSA) is 65.5 Å². The molecular weight excluding hydrogens is 395 g/mol. The van der Waals surface area contributed by atoms with Gasteiger partial charge in [-0.3, -0.25) is 9.59 Å². The highest BCUT2D eigenvalue weighted by atomic mass is 19.1. The van der Waals surface area contributed by atoms with Crippen LogP contribution in [-0.4, -0.2) is 47.4 Å². The summed E-state index contributed by atoms with van der Waals surface area (Å²) in [6.07, 6.45) is 5.58. The molecule has 2 bridgehead atoms. The van der Waals surface area contributed by atoms with E-state index >= 15 is 0 Å². The second-order valence-electron chi connectivity index (χ2n) is 8.96. The summed E-state index contributed by atoms with van der Waals surface area (Å²) in [5.41, 5.74) is 1.25. The van der Waals surface area contributed by atoms with Crippen molar-refractivity contribution in [1.29, 1.82) is 0 Å². The van der Waals surface area contributed by atoms with Gasteiger partial charge < -0.3 is 15.1 Å². The molecule has 3 aliphatic rings. The van der Waals surface area contributed by atoms with Gasteiger partial charge in [0.15, 0.2) is 0 Å². The van der Waals surface area contributed by atoms with Gasteiger partial charge in [0.25, 0.3) is 5.91 Å². The van der Waals surface area contributed by atoms with Crippen molar-refractivity contribution in [2.24, 2.45) is 11.8 Å². The predicted molar refractivity (Wildman–Crippen MR) is 115 cm³/mol. The molecular formula is C24H27FN4O2. The van der Waals surface area contributed by atoms with E-state index in [1.165, 1.54) is 12.1 Å². The molecule has 3 saturated heterocycles. The van der Waals surface area contributed by atoms with E-state index in [0.29, 0.717) is 47.2 Å². The summed E-state index contributed by atoms with van der Waals surface area (Å²) in [4.78, 5) is 34.3. The summed E-state index contributed by atoms with van der Waals surface area (Å²) >= 11 is 0. The third kappa shape index (κ3) is 4.01. The van der Waals surface area contributed by atoms with Gasteiger partial charge in [-0.05, 0) is 60.9 Å². The minimum atomic E-state index is -0.316. The van der Waals surface area contributed by atoms with Crippen molar-refractivity contribution >= 4 is 17.6 Å². The van der Waals surface area contributed by atoms with E-state index in [0.717, 1.165) is 38.9 Å². The molecule has 4 heterocycles. The van der Waals surface area contributed by atoms with E-state index in [9.17, 15) is 14.0 Å². The fourth-order valence-corrected chi connectivity index (χ4v) is 5.53. The number of anilines is 1. The van der Waals surface area contributed by atoms with Crippen LogP contribution >= 0.6 is 0 Å². The van der Waals surface area contributed by atoms with E-state index in [4.69, 9.17) is 0 Å². The van der Waals surface area contributed by atoms with Crippen molar-refractivity contribution < 1.29 is 14.0 Å². The first kappa shape index (κ1) is 20.0. The van der Waals surface area contributed by atoms with Gasteiger partial charge in [-0.25, -0.2) is 9.37 Å². The minimum Gasteiger partial charge on any atom is -0.355 e. The van der Waals surface area contributed by atoms with Crippen LogP contribution in [0.25, 0.3) is 0 Å². The van der Waals surface area contributed by atoms with Crippen LogP contribution in [-0.2, 0) is 11.3 Å². The van der Waals surface area contributed by atoms with Gasteiger partial charge in [0, 0.05) is 44.8 Å². The summed E-state index contributed by atoms with van der Waals surface area (Å²) in [5, 5.41) is 2.90.